The van der Waals surface area contributed by atoms with Crippen molar-refractivity contribution < 1.29 is 9.53 Å². The van der Waals surface area contributed by atoms with Gasteiger partial charge < -0.3 is 4.74 Å². The standard InChI is InChI=1S/C13H16O2S/c1-3-9-15-13(14)11(2)16-10-12-7-5-4-6-8-12/h3-8,11H,1,9-10H2,2H3. The Bertz CT molecular complexity index is 335. The minimum Gasteiger partial charge on any atom is -0.461 e. The van der Waals surface area contributed by atoms with E-state index >= 15 is 0 Å². The lowest BCUT2D eigenvalue weighted by atomic mass is 10.2. The molecule has 1 atom stereocenters. The van der Waals surface area contributed by atoms with E-state index in [1.807, 2.05) is 25.1 Å². The summed E-state index contributed by atoms with van der Waals surface area (Å²) in [6, 6.07) is 10.1. The summed E-state index contributed by atoms with van der Waals surface area (Å²) in [6.07, 6.45) is 1.58. The molecule has 1 aromatic rings. The first-order valence-electron chi connectivity index (χ1n) is 5.17. The lowest BCUT2D eigenvalue weighted by molar-refractivity contribution is -0.141. The fraction of sp³-hybridized carbons (Fsp3) is 0.308. The van der Waals surface area contributed by atoms with Gasteiger partial charge in [0, 0.05) is 5.75 Å². The van der Waals surface area contributed by atoms with Crippen LogP contribution in [0.1, 0.15) is 12.5 Å². The maximum atomic E-state index is 11.4. The zero-order valence-corrected chi connectivity index (χ0v) is 10.2. The summed E-state index contributed by atoms with van der Waals surface area (Å²) in [6.45, 7) is 5.65. The van der Waals surface area contributed by atoms with Gasteiger partial charge in [0.2, 0.25) is 0 Å². The highest BCUT2D eigenvalue weighted by atomic mass is 32.2. The summed E-state index contributed by atoms with van der Waals surface area (Å²) < 4.78 is 4.96. The van der Waals surface area contributed by atoms with Crippen molar-refractivity contribution in [2.75, 3.05) is 6.61 Å². The quantitative estimate of drug-likeness (QED) is 0.561. The van der Waals surface area contributed by atoms with E-state index in [0.29, 0.717) is 0 Å². The smallest absolute Gasteiger partial charge is 0.319 e. The van der Waals surface area contributed by atoms with Crippen LogP contribution in [-0.2, 0) is 15.3 Å². The van der Waals surface area contributed by atoms with Gasteiger partial charge in [-0.2, -0.15) is 0 Å². The number of hydrogen-bond acceptors (Lipinski definition) is 3. The SMILES string of the molecule is C=CCOC(=O)C(C)SCc1ccccc1. The van der Waals surface area contributed by atoms with Crippen molar-refractivity contribution >= 4 is 17.7 Å². The average molecular weight is 236 g/mol. The normalized spacial score (nSPS) is 11.8. The van der Waals surface area contributed by atoms with Gasteiger partial charge in [-0.25, -0.2) is 0 Å². The Morgan fingerprint density at radius 3 is 2.81 bits per heavy atom. The van der Waals surface area contributed by atoms with E-state index in [1.165, 1.54) is 5.56 Å². The number of esters is 1. The maximum Gasteiger partial charge on any atom is 0.319 e. The lowest BCUT2D eigenvalue weighted by Gasteiger charge is -2.09. The van der Waals surface area contributed by atoms with Crippen molar-refractivity contribution in [2.45, 2.75) is 17.9 Å². The van der Waals surface area contributed by atoms with Gasteiger partial charge in [-0.1, -0.05) is 43.0 Å². The van der Waals surface area contributed by atoms with Crippen LogP contribution in [0.25, 0.3) is 0 Å². The summed E-state index contributed by atoms with van der Waals surface area (Å²) >= 11 is 1.58. The Labute approximate surface area is 101 Å². The van der Waals surface area contributed by atoms with E-state index in [-0.39, 0.29) is 17.8 Å². The number of rotatable bonds is 6. The van der Waals surface area contributed by atoms with Crippen molar-refractivity contribution in [3.63, 3.8) is 0 Å². The second-order valence-corrected chi connectivity index (χ2v) is 4.69. The van der Waals surface area contributed by atoms with Crippen LogP contribution in [-0.4, -0.2) is 17.8 Å². The zero-order chi connectivity index (χ0) is 11.8. The molecule has 0 saturated heterocycles. The molecular weight excluding hydrogens is 220 g/mol. The Kier molecular flexibility index (Phi) is 5.72. The third-order valence-electron chi connectivity index (χ3n) is 2.02. The van der Waals surface area contributed by atoms with Crippen LogP contribution in [0.3, 0.4) is 0 Å². The Hall–Kier alpha value is -1.22. The number of carbonyl (C=O) groups is 1. The third-order valence-corrected chi connectivity index (χ3v) is 3.21. The molecule has 1 rings (SSSR count). The highest BCUT2D eigenvalue weighted by Crippen LogP contribution is 2.18. The van der Waals surface area contributed by atoms with E-state index in [4.69, 9.17) is 4.74 Å². The molecule has 3 heteroatoms. The molecule has 86 valence electrons. The van der Waals surface area contributed by atoms with Crippen LogP contribution in [0.15, 0.2) is 43.0 Å². The second kappa shape index (κ2) is 7.12. The molecule has 1 aromatic carbocycles. The van der Waals surface area contributed by atoms with Crippen LogP contribution >= 0.6 is 11.8 Å². The zero-order valence-electron chi connectivity index (χ0n) is 9.39. The molecule has 2 nitrogen and oxygen atoms in total. The molecule has 16 heavy (non-hydrogen) atoms. The highest BCUT2D eigenvalue weighted by molar-refractivity contribution is 7.99. The van der Waals surface area contributed by atoms with Crippen LogP contribution in [0.4, 0.5) is 0 Å². The first-order chi connectivity index (χ1) is 7.74. The van der Waals surface area contributed by atoms with Gasteiger partial charge in [-0.3, -0.25) is 4.79 Å². The molecule has 1 unspecified atom stereocenters. The van der Waals surface area contributed by atoms with Gasteiger partial charge in [0.05, 0.1) is 5.25 Å². The first kappa shape index (κ1) is 12.8. The summed E-state index contributed by atoms with van der Waals surface area (Å²) in [4.78, 5) is 11.4. The molecular formula is C13H16O2S. The predicted octanol–water partition coefficient (Wildman–Crippen LogP) is 3.04. The lowest BCUT2D eigenvalue weighted by Crippen LogP contribution is -2.17. The molecule has 0 N–H and O–H groups in total. The molecule has 0 aliphatic heterocycles. The van der Waals surface area contributed by atoms with Crippen molar-refractivity contribution in [3.05, 3.63) is 48.6 Å². The van der Waals surface area contributed by atoms with E-state index in [1.54, 1.807) is 17.8 Å². The van der Waals surface area contributed by atoms with Crippen LogP contribution in [0.5, 0.6) is 0 Å². The number of ether oxygens (including phenoxy) is 1. The van der Waals surface area contributed by atoms with Crippen LogP contribution in [0.2, 0.25) is 0 Å². The number of thioether (sulfide) groups is 1. The summed E-state index contributed by atoms with van der Waals surface area (Å²) in [5.74, 6) is 0.645. The molecule has 0 fully saturated rings. The minimum atomic E-state index is -0.180. The number of hydrogen-bond donors (Lipinski definition) is 0. The average Bonchev–Trinajstić information content (AvgIpc) is 2.34. The fourth-order valence-electron chi connectivity index (χ4n) is 1.12. The topological polar surface area (TPSA) is 26.3 Å². The summed E-state index contributed by atoms with van der Waals surface area (Å²) in [5.41, 5.74) is 1.22. The summed E-state index contributed by atoms with van der Waals surface area (Å²) in [7, 11) is 0. The van der Waals surface area contributed by atoms with Gasteiger partial charge in [0.25, 0.3) is 0 Å². The van der Waals surface area contributed by atoms with Crippen LogP contribution < -0.4 is 0 Å². The molecule has 0 amide bonds. The largest absolute Gasteiger partial charge is 0.461 e. The highest BCUT2D eigenvalue weighted by Gasteiger charge is 2.13. The summed E-state index contributed by atoms with van der Waals surface area (Å²) in [5, 5.41) is -0.139. The predicted molar refractivity (Wildman–Crippen MR) is 68.4 cm³/mol. The first-order valence-corrected chi connectivity index (χ1v) is 6.22. The van der Waals surface area contributed by atoms with Crippen molar-refractivity contribution in [1.82, 2.24) is 0 Å². The van der Waals surface area contributed by atoms with Crippen molar-refractivity contribution in [3.8, 4) is 0 Å². The van der Waals surface area contributed by atoms with Gasteiger partial charge in [0.15, 0.2) is 0 Å². The van der Waals surface area contributed by atoms with Crippen molar-refractivity contribution in [2.24, 2.45) is 0 Å². The molecule has 0 bridgehead atoms. The van der Waals surface area contributed by atoms with E-state index in [2.05, 4.69) is 18.7 Å². The third kappa shape index (κ3) is 4.53. The molecule has 0 aliphatic carbocycles. The van der Waals surface area contributed by atoms with Crippen molar-refractivity contribution in [1.29, 1.82) is 0 Å². The number of benzene rings is 1. The molecule has 0 saturated carbocycles. The Balaban J connectivity index is 2.32. The second-order valence-electron chi connectivity index (χ2n) is 3.36. The fourth-order valence-corrected chi connectivity index (χ4v) is 1.96. The van der Waals surface area contributed by atoms with Crippen LogP contribution in [0, 0.1) is 0 Å². The molecule has 0 aromatic heterocycles. The number of carbonyl (C=O) groups excluding carboxylic acids is 1. The molecule has 0 heterocycles. The monoisotopic (exact) mass is 236 g/mol. The van der Waals surface area contributed by atoms with Gasteiger partial charge in [-0.15, -0.1) is 11.8 Å². The van der Waals surface area contributed by atoms with E-state index < -0.39 is 0 Å². The van der Waals surface area contributed by atoms with E-state index in [9.17, 15) is 4.79 Å². The molecule has 0 aliphatic rings. The molecule has 0 spiro atoms. The van der Waals surface area contributed by atoms with Gasteiger partial charge in [-0.05, 0) is 12.5 Å². The van der Waals surface area contributed by atoms with E-state index in [0.717, 1.165) is 5.75 Å². The molecule has 0 radical (unpaired) electrons. The Morgan fingerprint density at radius 2 is 2.19 bits per heavy atom. The van der Waals surface area contributed by atoms with Gasteiger partial charge >= 0.3 is 5.97 Å². The maximum absolute atomic E-state index is 11.4. The van der Waals surface area contributed by atoms with Gasteiger partial charge in [0.1, 0.15) is 6.61 Å². The Morgan fingerprint density at radius 1 is 1.50 bits per heavy atom. The minimum absolute atomic E-state index is 0.139.